The van der Waals surface area contributed by atoms with Gasteiger partial charge in [0, 0.05) is 0 Å². The number of benzene rings is 1. The molecular weight excluding hydrogens is 155 g/mol. The van der Waals surface area contributed by atoms with Gasteiger partial charge in [0.2, 0.25) is 0 Å². The second-order valence-corrected chi connectivity index (χ2v) is 2.38. The van der Waals surface area contributed by atoms with Crippen LogP contribution in [0.15, 0.2) is 18.2 Å². The first-order chi connectivity index (χ1) is 5.63. The fourth-order valence-electron chi connectivity index (χ4n) is 0.645. The van der Waals surface area contributed by atoms with Crippen molar-refractivity contribution in [3.05, 3.63) is 29.6 Å². The van der Waals surface area contributed by atoms with E-state index in [9.17, 15) is 4.39 Å². The average molecular weight is 170 g/mol. The van der Waals surface area contributed by atoms with Gasteiger partial charge in [0.15, 0.2) is 0 Å². The highest BCUT2D eigenvalue weighted by atomic mass is 19.1. The molecule has 0 aromatic heterocycles. The molecule has 0 fully saturated rings. The van der Waals surface area contributed by atoms with Gasteiger partial charge in [0.25, 0.3) is 0 Å². The molecule has 1 aromatic rings. The minimum Gasteiger partial charge on any atom is -0.396 e. The summed E-state index contributed by atoms with van der Waals surface area (Å²) in [5.41, 5.74) is 11.2. The first-order valence-electron chi connectivity index (χ1n) is 3.84. The largest absolute Gasteiger partial charge is 0.396 e. The quantitative estimate of drug-likeness (QED) is 0.582. The van der Waals surface area contributed by atoms with Crippen LogP contribution in [0.2, 0.25) is 0 Å². The van der Waals surface area contributed by atoms with Crippen LogP contribution in [0.25, 0.3) is 0 Å². The Morgan fingerprint density at radius 2 is 1.92 bits per heavy atom. The number of para-hydroxylation sites is 1. The summed E-state index contributed by atoms with van der Waals surface area (Å²) in [7, 11) is 0. The topological polar surface area (TPSA) is 52.0 Å². The van der Waals surface area contributed by atoms with Gasteiger partial charge in [-0.15, -0.1) is 0 Å². The van der Waals surface area contributed by atoms with Crippen LogP contribution in [-0.2, 0) is 0 Å². The predicted octanol–water partition coefficient (Wildman–Crippen LogP) is 1.68. The molecule has 4 N–H and O–H groups in total. The normalized spacial score (nSPS) is 8.67. The molecule has 0 atom stereocenters. The number of hydrogen-bond donors (Lipinski definition) is 2. The maximum Gasteiger partial charge on any atom is 0.146 e. The lowest BCUT2D eigenvalue weighted by Gasteiger charge is -1.97. The molecular formula is C9H15FN2. The van der Waals surface area contributed by atoms with Crippen molar-refractivity contribution >= 4 is 5.69 Å². The molecule has 0 spiro atoms. The minimum absolute atomic E-state index is 0.248. The Bertz CT molecular complexity index is 216. The monoisotopic (exact) mass is 170 g/mol. The number of nitrogen functional groups attached to an aromatic ring is 1. The van der Waals surface area contributed by atoms with Crippen LogP contribution in [0.3, 0.4) is 0 Å². The number of nitrogens with two attached hydrogens (primary N) is 2. The molecule has 0 heterocycles. The lowest BCUT2D eigenvalue weighted by atomic mass is 10.2. The standard InChI is InChI=1S/C7H8FN.C2H7N/c1-5-3-2-4-6(8)7(5)9;1-2-3/h2-4H,9H2,1H3;2-3H2,1H3. The maximum atomic E-state index is 12.5. The summed E-state index contributed by atoms with van der Waals surface area (Å²) in [5.74, 6) is -0.338. The van der Waals surface area contributed by atoms with E-state index in [1.54, 1.807) is 19.1 Å². The second kappa shape index (κ2) is 5.55. The molecule has 12 heavy (non-hydrogen) atoms. The van der Waals surface area contributed by atoms with Crippen LogP contribution in [0.5, 0.6) is 0 Å². The van der Waals surface area contributed by atoms with Crippen LogP contribution in [0, 0.1) is 12.7 Å². The Labute approximate surface area is 72.4 Å². The molecule has 0 amide bonds. The van der Waals surface area contributed by atoms with Crippen LogP contribution >= 0.6 is 0 Å². The number of aryl methyl sites for hydroxylation is 1. The zero-order valence-electron chi connectivity index (χ0n) is 7.47. The predicted molar refractivity (Wildman–Crippen MR) is 50.3 cm³/mol. The highest BCUT2D eigenvalue weighted by Crippen LogP contribution is 2.13. The van der Waals surface area contributed by atoms with E-state index in [4.69, 9.17) is 11.5 Å². The summed E-state index contributed by atoms with van der Waals surface area (Å²) in [6, 6.07) is 4.77. The van der Waals surface area contributed by atoms with Crippen molar-refractivity contribution in [1.82, 2.24) is 0 Å². The fraction of sp³-hybridized carbons (Fsp3) is 0.333. The molecule has 1 aromatic carbocycles. The Morgan fingerprint density at radius 1 is 1.42 bits per heavy atom. The average Bonchev–Trinajstić information content (AvgIpc) is 2.02. The molecule has 0 radical (unpaired) electrons. The van der Waals surface area contributed by atoms with E-state index in [-0.39, 0.29) is 11.5 Å². The maximum absolute atomic E-state index is 12.5. The third-order valence-corrected chi connectivity index (χ3v) is 1.27. The summed E-state index contributed by atoms with van der Waals surface area (Å²) in [5, 5.41) is 0. The number of rotatable bonds is 0. The van der Waals surface area contributed by atoms with Crippen molar-refractivity contribution in [2.24, 2.45) is 5.73 Å². The van der Waals surface area contributed by atoms with E-state index >= 15 is 0 Å². The third-order valence-electron chi connectivity index (χ3n) is 1.27. The molecule has 68 valence electrons. The number of anilines is 1. The molecule has 0 aliphatic rings. The van der Waals surface area contributed by atoms with E-state index in [0.717, 1.165) is 12.1 Å². The highest BCUT2D eigenvalue weighted by Gasteiger charge is 1.96. The van der Waals surface area contributed by atoms with Crippen molar-refractivity contribution in [3.8, 4) is 0 Å². The van der Waals surface area contributed by atoms with Gasteiger partial charge >= 0.3 is 0 Å². The summed E-state index contributed by atoms with van der Waals surface area (Å²) < 4.78 is 12.5. The van der Waals surface area contributed by atoms with Crippen LogP contribution in [-0.4, -0.2) is 6.54 Å². The van der Waals surface area contributed by atoms with Gasteiger partial charge in [0.1, 0.15) is 5.82 Å². The van der Waals surface area contributed by atoms with E-state index in [0.29, 0.717) is 0 Å². The molecule has 2 nitrogen and oxygen atoms in total. The van der Waals surface area contributed by atoms with Crippen molar-refractivity contribution in [2.75, 3.05) is 12.3 Å². The lowest BCUT2D eigenvalue weighted by Crippen LogP contribution is -1.92. The summed E-state index contributed by atoms with van der Waals surface area (Å²) in [6.45, 7) is 4.43. The summed E-state index contributed by atoms with van der Waals surface area (Å²) in [6.07, 6.45) is 0. The lowest BCUT2D eigenvalue weighted by molar-refractivity contribution is 0.631. The van der Waals surface area contributed by atoms with E-state index in [1.807, 2.05) is 6.92 Å². The Morgan fingerprint density at radius 3 is 2.25 bits per heavy atom. The van der Waals surface area contributed by atoms with Gasteiger partial charge in [-0.05, 0) is 25.1 Å². The zero-order valence-corrected chi connectivity index (χ0v) is 7.47. The Hall–Kier alpha value is -1.09. The molecule has 0 bridgehead atoms. The van der Waals surface area contributed by atoms with Gasteiger partial charge in [-0.25, -0.2) is 4.39 Å². The molecule has 0 aliphatic carbocycles. The van der Waals surface area contributed by atoms with E-state index in [1.165, 1.54) is 6.07 Å². The molecule has 0 saturated carbocycles. The van der Waals surface area contributed by atoms with Gasteiger partial charge in [0.05, 0.1) is 5.69 Å². The highest BCUT2D eigenvalue weighted by molar-refractivity contribution is 5.46. The van der Waals surface area contributed by atoms with Gasteiger partial charge in [-0.2, -0.15) is 0 Å². The first kappa shape index (κ1) is 10.9. The van der Waals surface area contributed by atoms with Crippen LogP contribution in [0.1, 0.15) is 12.5 Å². The third kappa shape index (κ3) is 3.34. The Balaban J connectivity index is 0.000000354. The van der Waals surface area contributed by atoms with E-state index < -0.39 is 0 Å². The number of hydrogen-bond acceptors (Lipinski definition) is 2. The smallest absolute Gasteiger partial charge is 0.146 e. The minimum atomic E-state index is -0.338. The van der Waals surface area contributed by atoms with Gasteiger partial charge in [-0.3, -0.25) is 0 Å². The van der Waals surface area contributed by atoms with Gasteiger partial charge < -0.3 is 11.5 Å². The van der Waals surface area contributed by atoms with Crippen molar-refractivity contribution in [3.63, 3.8) is 0 Å². The molecule has 3 heteroatoms. The van der Waals surface area contributed by atoms with Gasteiger partial charge in [-0.1, -0.05) is 19.1 Å². The van der Waals surface area contributed by atoms with Crippen LogP contribution < -0.4 is 11.5 Å². The second-order valence-electron chi connectivity index (χ2n) is 2.38. The Kier molecular flexibility index (Phi) is 5.04. The van der Waals surface area contributed by atoms with Crippen molar-refractivity contribution < 1.29 is 4.39 Å². The first-order valence-corrected chi connectivity index (χ1v) is 3.84. The molecule has 0 aliphatic heterocycles. The fourth-order valence-corrected chi connectivity index (χ4v) is 0.645. The zero-order chi connectivity index (χ0) is 9.56. The molecule has 0 saturated heterocycles. The number of halogens is 1. The SMILES string of the molecule is CCN.Cc1cccc(F)c1N. The van der Waals surface area contributed by atoms with E-state index in [2.05, 4.69) is 0 Å². The summed E-state index contributed by atoms with van der Waals surface area (Å²) in [4.78, 5) is 0. The molecule has 1 rings (SSSR count). The van der Waals surface area contributed by atoms with Crippen molar-refractivity contribution in [2.45, 2.75) is 13.8 Å². The molecule has 0 unspecified atom stereocenters. The van der Waals surface area contributed by atoms with Crippen LogP contribution in [0.4, 0.5) is 10.1 Å². The summed E-state index contributed by atoms with van der Waals surface area (Å²) >= 11 is 0. The van der Waals surface area contributed by atoms with Crippen molar-refractivity contribution in [1.29, 1.82) is 0 Å².